The summed E-state index contributed by atoms with van der Waals surface area (Å²) in [6, 6.07) is 22.8. The van der Waals surface area contributed by atoms with Crippen molar-refractivity contribution in [2.24, 2.45) is 0 Å². The van der Waals surface area contributed by atoms with E-state index in [2.05, 4.69) is 37.4 Å². The van der Waals surface area contributed by atoms with Gasteiger partial charge in [-0.15, -0.1) is 0 Å². The Balaban J connectivity index is 1.65. The molecule has 34 heavy (non-hydrogen) atoms. The molecule has 0 aliphatic rings. The van der Waals surface area contributed by atoms with Gasteiger partial charge in [-0.2, -0.15) is 0 Å². The van der Waals surface area contributed by atoms with E-state index >= 15 is 0 Å². The summed E-state index contributed by atoms with van der Waals surface area (Å²) in [6.45, 7) is 4.64. The van der Waals surface area contributed by atoms with Crippen LogP contribution in [-0.2, 0) is 40.8 Å². The number of rotatable bonds is 11. The van der Waals surface area contributed by atoms with E-state index in [4.69, 9.17) is 4.74 Å². The Morgan fingerprint density at radius 3 is 2.21 bits per heavy atom. The fourth-order valence-electron chi connectivity index (χ4n) is 3.64. The van der Waals surface area contributed by atoms with Crippen molar-refractivity contribution in [3.63, 3.8) is 0 Å². The van der Waals surface area contributed by atoms with E-state index in [0.717, 1.165) is 34.5 Å². The topological polar surface area (TPSA) is 75.7 Å². The molecule has 3 rings (SSSR count). The Labute approximate surface area is 202 Å². The smallest absolute Gasteiger partial charge is 0.241 e. The molecule has 0 bridgehead atoms. The Morgan fingerprint density at radius 1 is 0.882 bits per heavy atom. The lowest BCUT2D eigenvalue weighted by Gasteiger charge is -2.22. The maximum Gasteiger partial charge on any atom is 0.241 e. The molecule has 0 atom stereocenters. The molecule has 1 N–H and O–H groups in total. The highest BCUT2D eigenvalue weighted by molar-refractivity contribution is 7.92. The summed E-state index contributed by atoms with van der Waals surface area (Å²) in [6.07, 6.45) is 2.88. The van der Waals surface area contributed by atoms with Gasteiger partial charge in [-0.25, -0.2) is 8.42 Å². The summed E-state index contributed by atoms with van der Waals surface area (Å²) < 4.78 is 31.7. The molecule has 7 heteroatoms. The van der Waals surface area contributed by atoms with Crippen LogP contribution in [0.25, 0.3) is 0 Å². The number of aryl methyl sites for hydroxylation is 2. The number of hydrogen-bond acceptors (Lipinski definition) is 4. The second-order valence-corrected chi connectivity index (χ2v) is 10.0. The summed E-state index contributed by atoms with van der Waals surface area (Å²) in [5.41, 5.74) is 4.88. The summed E-state index contributed by atoms with van der Waals surface area (Å²) in [5.74, 6) is 0.257. The van der Waals surface area contributed by atoms with Gasteiger partial charge in [0.25, 0.3) is 0 Å². The van der Waals surface area contributed by atoms with Crippen LogP contribution in [0.4, 0.5) is 5.69 Å². The van der Waals surface area contributed by atoms with Crippen LogP contribution in [0.5, 0.6) is 5.75 Å². The number of hydrogen-bond donors (Lipinski definition) is 1. The molecule has 0 radical (unpaired) electrons. The van der Waals surface area contributed by atoms with Gasteiger partial charge in [0.1, 0.15) is 18.9 Å². The van der Waals surface area contributed by atoms with Gasteiger partial charge in [0, 0.05) is 6.54 Å². The monoisotopic (exact) mass is 480 g/mol. The maximum absolute atomic E-state index is 12.7. The van der Waals surface area contributed by atoms with Gasteiger partial charge in [0.15, 0.2) is 0 Å². The minimum Gasteiger partial charge on any atom is -0.489 e. The second-order valence-electron chi connectivity index (χ2n) is 8.12. The Hall–Kier alpha value is -3.32. The number of amides is 1. The van der Waals surface area contributed by atoms with Crippen molar-refractivity contribution in [2.75, 3.05) is 17.1 Å². The third-order valence-corrected chi connectivity index (χ3v) is 6.74. The third-order valence-electron chi connectivity index (χ3n) is 5.60. The van der Waals surface area contributed by atoms with Gasteiger partial charge in [0.2, 0.25) is 15.9 Å². The first-order valence-corrected chi connectivity index (χ1v) is 13.3. The highest BCUT2D eigenvalue weighted by atomic mass is 32.2. The van der Waals surface area contributed by atoms with E-state index in [-0.39, 0.29) is 12.5 Å². The van der Waals surface area contributed by atoms with Gasteiger partial charge in [-0.05, 0) is 59.4 Å². The number of nitrogens with one attached hydrogen (secondary N) is 1. The van der Waals surface area contributed by atoms with Crippen LogP contribution in [0.2, 0.25) is 0 Å². The molecule has 1 amide bonds. The molecule has 0 aromatic heterocycles. The highest BCUT2D eigenvalue weighted by Crippen LogP contribution is 2.22. The number of nitrogens with zero attached hydrogens (tertiary/aromatic N) is 1. The normalized spacial score (nSPS) is 11.1. The average Bonchev–Trinajstić information content (AvgIpc) is 2.85. The summed E-state index contributed by atoms with van der Waals surface area (Å²) in [7, 11) is -3.66. The van der Waals surface area contributed by atoms with E-state index in [1.54, 1.807) is 24.3 Å². The van der Waals surface area contributed by atoms with E-state index in [1.807, 2.05) is 30.3 Å². The zero-order valence-corrected chi connectivity index (χ0v) is 20.8. The molecule has 0 saturated carbocycles. The fourth-order valence-corrected chi connectivity index (χ4v) is 4.49. The first kappa shape index (κ1) is 25.3. The van der Waals surface area contributed by atoms with E-state index < -0.39 is 10.0 Å². The van der Waals surface area contributed by atoms with Crippen LogP contribution in [0.15, 0.2) is 72.8 Å². The summed E-state index contributed by atoms with van der Waals surface area (Å²) >= 11 is 0. The molecule has 0 unspecified atom stereocenters. The standard InChI is InChI=1S/C27H32N2O4S/c1-4-21-11-12-23(5-2)24(17-21)18-28-27(30)19-29(34(3,31)32)25-13-15-26(16-14-25)33-20-22-9-7-6-8-10-22/h6-17H,4-5,18-20H2,1-3H3,(H,28,30). The number of carbonyl (C=O) groups excluding carboxylic acids is 1. The highest BCUT2D eigenvalue weighted by Gasteiger charge is 2.21. The molecule has 180 valence electrons. The molecule has 0 heterocycles. The van der Waals surface area contributed by atoms with Gasteiger partial charge in [-0.3, -0.25) is 9.10 Å². The Bertz CT molecular complexity index is 1190. The lowest BCUT2D eigenvalue weighted by atomic mass is 10.0. The number of anilines is 1. The largest absolute Gasteiger partial charge is 0.489 e. The molecule has 0 spiro atoms. The molecule has 0 aliphatic carbocycles. The first-order chi connectivity index (χ1) is 16.3. The van der Waals surface area contributed by atoms with Crippen molar-refractivity contribution in [3.8, 4) is 5.75 Å². The van der Waals surface area contributed by atoms with Crippen molar-refractivity contribution >= 4 is 21.6 Å². The molecular weight excluding hydrogens is 448 g/mol. The Kier molecular flexibility index (Phi) is 8.71. The predicted octanol–water partition coefficient (Wildman–Crippen LogP) is 4.47. The molecule has 0 fully saturated rings. The van der Waals surface area contributed by atoms with Crippen molar-refractivity contribution in [1.29, 1.82) is 0 Å². The van der Waals surface area contributed by atoms with Crippen molar-refractivity contribution in [2.45, 2.75) is 39.8 Å². The number of benzene rings is 3. The number of ether oxygens (including phenoxy) is 1. The number of carbonyl (C=O) groups is 1. The lowest BCUT2D eigenvalue weighted by molar-refractivity contribution is -0.119. The maximum atomic E-state index is 12.7. The quantitative estimate of drug-likeness (QED) is 0.439. The van der Waals surface area contributed by atoms with Crippen molar-refractivity contribution in [1.82, 2.24) is 5.32 Å². The van der Waals surface area contributed by atoms with Crippen LogP contribution in [-0.4, -0.2) is 27.1 Å². The van der Waals surface area contributed by atoms with Crippen LogP contribution < -0.4 is 14.4 Å². The van der Waals surface area contributed by atoms with Crippen LogP contribution in [0.1, 0.15) is 36.1 Å². The van der Waals surface area contributed by atoms with Gasteiger partial charge < -0.3 is 10.1 Å². The molecule has 3 aromatic rings. The Morgan fingerprint density at radius 2 is 1.59 bits per heavy atom. The van der Waals surface area contributed by atoms with Crippen LogP contribution >= 0.6 is 0 Å². The molecule has 6 nitrogen and oxygen atoms in total. The van der Waals surface area contributed by atoms with Gasteiger partial charge in [-0.1, -0.05) is 62.4 Å². The van der Waals surface area contributed by atoms with Gasteiger partial charge >= 0.3 is 0 Å². The van der Waals surface area contributed by atoms with Crippen LogP contribution in [0.3, 0.4) is 0 Å². The molecule has 0 saturated heterocycles. The van der Waals surface area contributed by atoms with E-state index in [9.17, 15) is 13.2 Å². The van der Waals surface area contributed by atoms with Crippen LogP contribution in [0, 0.1) is 0 Å². The SMILES string of the molecule is CCc1ccc(CC)c(CNC(=O)CN(c2ccc(OCc3ccccc3)cc2)S(C)(=O)=O)c1. The zero-order chi connectivity index (χ0) is 24.6. The predicted molar refractivity (Wildman–Crippen MR) is 136 cm³/mol. The van der Waals surface area contributed by atoms with Gasteiger partial charge in [0.05, 0.1) is 11.9 Å². The van der Waals surface area contributed by atoms with E-state index in [1.165, 1.54) is 11.1 Å². The zero-order valence-electron chi connectivity index (χ0n) is 20.0. The molecule has 0 aliphatic heterocycles. The number of sulfonamides is 1. The minimum absolute atomic E-state index is 0.294. The third kappa shape index (κ3) is 7.09. The van der Waals surface area contributed by atoms with Crippen molar-refractivity contribution in [3.05, 3.63) is 95.1 Å². The average molecular weight is 481 g/mol. The lowest BCUT2D eigenvalue weighted by Crippen LogP contribution is -2.40. The first-order valence-electron chi connectivity index (χ1n) is 11.4. The van der Waals surface area contributed by atoms with E-state index in [0.29, 0.717) is 24.6 Å². The summed E-state index contributed by atoms with van der Waals surface area (Å²) in [5, 5.41) is 2.88. The fraction of sp³-hybridized carbons (Fsp3) is 0.296. The summed E-state index contributed by atoms with van der Waals surface area (Å²) in [4.78, 5) is 12.7. The minimum atomic E-state index is -3.66. The molecular formula is C27H32N2O4S. The van der Waals surface area contributed by atoms with Crippen molar-refractivity contribution < 1.29 is 17.9 Å². The second kappa shape index (κ2) is 11.7. The molecule has 3 aromatic carbocycles.